The number of ketones is 2. The number of hydrogen-bond acceptors (Lipinski definition) is 8. The van der Waals surface area contributed by atoms with Gasteiger partial charge in [0.15, 0.2) is 11.6 Å². The van der Waals surface area contributed by atoms with Gasteiger partial charge in [-0.15, -0.1) is 0 Å². The van der Waals surface area contributed by atoms with Gasteiger partial charge in [-0.25, -0.2) is 14.8 Å². The van der Waals surface area contributed by atoms with Crippen molar-refractivity contribution in [3.05, 3.63) is 48.0 Å². The molecule has 1 atom stereocenters. The number of rotatable bonds is 15. The molecule has 0 bridgehead atoms. The molecule has 0 saturated carbocycles. The van der Waals surface area contributed by atoms with E-state index in [4.69, 9.17) is 9.47 Å². The summed E-state index contributed by atoms with van der Waals surface area (Å²) < 4.78 is 14.2. The van der Waals surface area contributed by atoms with Gasteiger partial charge in [0, 0.05) is 36.1 Å². The van der Waals surface area contributed by atoms with E-state index in [0.29, 0.717) is 53.1 Å². The summed E-state index contributed by atoms with van der Waals surface area (Å²) in [6.07, 6.45) is 1.36. The summed E-state index contributed by atoms with van der Waals surface area (Å²) in [7, 11) is 3.09. The summed E-state index contributed by atoms with van der Waals surface area (Å²) >= 11 is 0. The predicted molar refractivity (Wildman–Crippen MR) is 210 cm³/mol. The second kappa shape index (κ2) is 15.5. The molecule has 1 unspecified atom stereocenters. The molecule has 0 aliphatic rings. The largest absolute Gasteiger partial charge is 0.497 e. The van der Waals surface area contributed by atoms with E-state index in [0.717, 1.165) is 6.42 Å². The van der Waals surface area contributed by atoms with Crippen LogP contribution in [0.25, 0.3) is 22.1 Å². The standard InChI is InChI=1S/C42H59N5O7/c1-39(2,3)18-20-45(33(48)25-46-30-22-26(53-12)14-16-28(30)43-36(46)34(49)40(4,5)6)21-19-42(10,11)24-32(38(51)52)47-31-23-27(54-13)15-17-29(31)44-37(47)35(50)41(7,8)9/h14-17,22-23,32H,18-21,24-25H2,1-13H3,(H,51,52). The number of aliphatic carboxylic acids is 1. The second-order valence-electron chi connectivity index (χ2n) is 18.4. The average molecular weight is 746 g/mol. The number of methoxy groups -OCH3 is 2. The van der Waals surface area contributed by atoms with E-state index in [1.54, 1.807) is 73.4 Å². The minimum Gasteiger partial charge on any atom is -0.497 e. The summed E-state index contributed by atoms with van der Waals surface area (Å²) in [6.45, 7) is 21.9. The van der Waals surface area contributed by atoms with Crippen LogP contribution < -0.4 is 9.47 Å². The van der Waals surface area contributed by atoms with Crippen LogP contribution >= 0.6 is 0 Å². The van der Waals surface area contributed by atoms with E-state index in [1.165, 1.54) is 7.11 Å². The normalized spacial score (nSPS) is 13.3. The maximum absolute atomic E-state index is 14.4. The topological polar surface area (TPSA) is 146 Å². The number of benzene rings is 2. The lowest BCUT2D eigenvalue weighted by Gasteiger charge is -2.33. The smallest absolute Gasteiger partial charge is 0.326 e. The van der Waals surface area contributed by atoms with Gasteiger partial charge in [-0.2, -0.15) is 0 Å². The summed E-state index contributed by atoms with van der Waals surface area (Å²) in [6, 6.07) is 9.40. The second-order valence-corrected chi connectivity index (χ2v) is 18.4. The van der Waals surface area contributed by atoms with Crippen LogP contribution in [0.2, 0.25) is 0 Å². The Morgan fingerprint density at radius 2 is 1.20 bits per heavy atom. The van der Waals surface area contributed by atoms with E-state index >= 15 is 0 Å². The van der Waals surface area contributed by atoms with Gasteiger partial charge in [0.05, 0.1) is 36.3 Å². The summed E-state index contributed by atoms with van der Waals surface area (Å²) in [5.74, 6) is -0.318. The fraction of sp³-hybridized carbons (Fsp3) is 0.571. The van der Waals surface area contributed by atoms with Gasteiger partial charge in [0.2, 0.25) is 17.5 Å². The molecule has 294 valence electrons. The number of carboxylic acid groups (broad SMARTS) is 1. The average Bonchev–Trinajstić information content (AvgIpc) is 3.62. The van der Waals surface area contributed by atoms with Crippen molar-refractivity contribution in [2.24, 2.45) is 21.7 Å². The highest BCUT2D eigenvalue weighted by Crippen LogP contribution is 2.37. The van der Waals surface area contributed by atoms with E-state index < -0.39 is 28.3 Å². The number of hydrogen-bond donors (Lipinski definition) is 1. The molecule has 12 nitrogen and oxygen atoms in total. The van der Waals surface area contributed by atoms with Crippen molar-refractivity contribution in [2.45, 2.75) is 108 Å². The van der Waals surface area contributed by atoms with Crippen molar-refractivity contribution in [3.8, 4) is 11.5 Å². The fourth-order valence-electron chi connectivity index (χ4n) is 6.33. The summed E-state index contributed by atoms with van der Waals surface area (Å²) in [5.41, 5.74) is 0.00304. The Bertz CT molecular complexity index is 2040. The van der Waals surface area contributed by atoms with Crippen LogP contribution in [0.3, 0.4) is 0 Å². The van der Waals surface area contributed by atoms with Crippen LogP contribution in [0, 0.1) is 21.7 Å². The number of carboxylic acids is 1. The van der Waals surface area contributed by atoms with Crippen molar-refractivity contribution >= 4 is 45.5 Å². The van der Waals surface area contributed by atoms with Crippen LogP contribution in [0.4, 0.5) is 0 Å². The van der Waals surface area contributed by atoms with Gasteiger partial charge in [0.25, 0.3) is 0 Å². The molecule has 12 heteroatoms. The molecule has 1 amide bonds. The molecule has 0 radical (unpaired) electrons. The molecule has 1 N–H and O–H groups in total. The van der Waals surface area contributed by atoms with Crippen LogP contribution in [-0.2, 0) is 16.1 Å². The van der Waals surface area contributed by atoms with Gasteiger partial charge >= 0.3 is 5.97 Å². The van der Waals surface area contributed by atoms with Crippen LogP contribution in [-0.4, -0.2) is 79.9 Å². The Labute approximate surface area is 319 Å². The maximum Gasteiger partial charge on any atom is 0.326 e. The maximum atomic E-state index is 14.4. The van der Waals surface area contributed by atoms with Crippen molar-refractivity contribution in [1.29, 1.82) is 0 Å². The van der Waals surface area contributed by atoms with E-state index in [2.05, 4.69) is 30.7 Å². The molecule has 2 aromatic carbocycles. The Morgan fingerprint density at radius 1 is 0.722 bits per heavy atom. The van der Waals surface area contributed by atoms with Crippen molar-refractivity contribution in [1.82, 2.24) is 24.0 Å². The molecule has 0 aliphatic heterocycles. The summed E-state index contributed by atoms with van der Waals surface area (Å²) in [4.78, 5) is 66.0. The molecular weight excluding hydrogens is 686 g/mol. The van der Waals surface area contributed by atoms with Crippen molar-refractivity contribution in [3.63, 3.8) is 0 Å². The first-order valence-electron chi connectivity index (χ1n) is 18.6. The van der Waals surface area contributed by atoms with E-state index in [1.807, 2.05) is 39.5 Å². The Balaban J connectivity index is 1.70. The van der Waals surface area contributed by atoms with Gasteiger partial charge in [-0.3, -0.25) is 14.4 Å². The van der Waals surface area contributed by atoms with Gasteiger partial charge in [0.1, 0.15) is 24.1 Å². The first-order chi connectivity index (χ1) is 24.9. The minimum absolute atomic E-state index is 0.0651. The number of imidazole rings is 2. The molecule has 54 heavy (non-hydrogen) atoms. The Morgan fingerprint density at radius 3 is 1.70 bits per heavy atom. The molecule has 2 aromatic heterocycles. The van der Waals surface area contributed by atoms with E-state index in [-0.39, 0.29) is 47.5 Å². The lowest BCUT2D eigenvalue weighted by molar-refractivity contribution is -0.142. The third kappa shape index (κ3) is 9.67. The Hall–Kier alpha value is -4.74. The lowest BCUT2D eigenvalue weighted by Crippen LogP contribution is -2.39. The molecule has 4 rings (SSSR count). The number of amides is 1. The van der Waals surface area contributed by atoms with Crippen LogP contribution in [0.15, 0.2) is 36.4 Å². The van der Waals surface area contributed by atoms with Crippen LogP contribution in [0.1, 0.15) is 123 Å². The number of Topliss-reactive ketones (excluding diaryl/α,β-unsaturated/α-hetero) is 2. The first-order valence-corrected chi connectivity index (χ1v) is 18.6. The number of aromatic nitrogens is 4. The van der Waals surface area contributed by atoms with E-state index in [9.17, 15) is 24.3 Å². The van der Waals surface area contributed by atoms with Gasteiger partial charge in [-0.05, 0) is 54.4 Å². The zero-order valence-electron chi connectivity index (χ0n) is 34.4. The highest BCUT2D eigenvalue weighted by atomic mass is 16.5. The van der Waals surface area contributed by atoms with Crippen LogP contribution in [0.5, 0.6) is 11.5 Å². The highest BCUT2D eigenvalue weighted by Gasteiger charge is 2.37. The number of carbonyl (C=O) groups excluding carboxylic acids is 3. The molecular formula is C42H59N5O7. The predicted octanol–water partition coefficient (Wildman–Crippen LogP) is 8.26. The fourth-order valence-corrected chi connectivity index (χ4v) is 6.33. The Kier molecular flexibility index (Phi) is 12.1. The van der Waals surface area contributed by atoms with Gasteiger partial charge < -0.3 is 28.6 Å². The molecule has 0 aliphatic carbocycles. The molecule has 2 heterocycles. The molecule has 4 aromatic rings. The zero-order chi connectivity index (χ0) is 40.6. The molecule has 0 saturated heterocycles. The zero-order valence-corrected chi connectivity index (χ0v) is 34.4. The monoisotopic (exact) mass is 745 g/mol. The van der Waals surface area contributed by atoms with Gasteiger partial charge in [-0.1, -0.05) is 76.2 Å². The van der Waals surface area contributed by atoms with Crippen molar-refractivity contribution in [2.75, 3.05) is 27.3 Å². The number of fused-ring (bicyclic) bond motifs is 2. The molecule has 0 spiro atoms. The summed E-state index contributed by atoms with van der Waals surface area (Å²) in [5, 5.41) is 10.7. The number of ether oxygens (including phenoxy) is 2. The number of carbonyl (C=O) groups is 4. The SMILES string of the molecule is COc1ccc2nc(C(=O)C(C)(C)C)n(CC(=O)N(CCC(C)(C)C)CCC(C)(C)CC(C(=O)O)n3c(C(=O)C(C)(C)C)nc4ccc(OC)cc43)c2c1. The first kappa shape index (κ1) is 42.0. The highest BCUT2D eigenvalue weighted by molar-refractivity contribution is 6.01. The lowest BCUT2D eigenvalue weighted by atomic mass is 9.81. The third-order valence-corrected chi connectivity index (χ3v) is 9.80. The molecule has 0 fully saturated rings. The third-order valence-electron chi connectivity index (χ3n) is 9.80. The number of nitrogens with zero attached hydrogens (tertiary/aromatic N) is 5. The minimum atomic E-state index is -1.13. The quantitative estimate of drug-likeness (QED) is 0.119. The van der Waals surface area contributed by atoms with Crippen molar-refractivity contribution < 1.29 is 33.8 Å².